The second kappa shape index (κ2) is 11.8. The number of amides is 2. The van der Waals surface area contributed by atoms with Gasteiger partial charge < -0.3 is 31.5 Å². The highest BCUT2D eigenvalue weighted by Gasteiger charge is 2.25. The Morgan fingerprint density at radius 1 is 0.976 bits per heavy atom. The predicted molar refractivity (Wildman–Crippen MR) is 161 cm³/mol. The van der Waals surface area contributed by atoms with E-state index in [2.05, 4.69) is 37.1 Å². The van der Waals surface area contributed by atoms with E-state index >= 15 is 0 Å². The van der Waals surface area contributed by atoms with E-state index in [-0.39, 0.29) is 17.8 Å². The van der Waals surface area contributed by atoms with Crippen molar-refractivity contribution in [3.8, 4) is 11.3 Å². The second-order valence-electron chi connectivity index (χ2n) is 10.6. The van der Waals surface area contributed by atoms with Crippen molar-refractivity contribution in [1.29, 1.82) is 0 Å². The van der Waals surface area contributed by atoms with Crippen molar-refractivity contribution in [3.63, 3.8) is 0 Å². The van der Waals surface area contributed by atoms with E-state index in [0.717, 1.165) is 54.2 Å². The van der Waals surface area contributed by atoms with Gasteiger partial charge >= 0.3 is 0 Å². The van der Waals surface area contributed by atoms with Gasteiger partial charge in [-0.1, -0.05) is 24.3 Å². The van der Waals surface area contributed by atoms with Crippen LogP contribution in [0.5, 0.6) is 0 Å². The van der Waals surface area contributed by atoms with Gasteiger partial charge in [0, 0.05) is 63.2 Å². The Hall–Kier alpha value is -4.77. The molecular weight excluding hydrogens is 518 g/mol. The number of piperazine rings is 1. The van der Waals surface area contributed by atoms with Crippen LogP contribution >= 0.6 is 0 Å². The average molecular weight is 554 g/mol. The Morgan fingerprint density at radius 2 is 1.71 bits per heavy atom. The number of rotatable bonds is 7. The molecule has 2 amide bonds. The Kier molecular flexibility index (Phi) is 7.97. The average Bonchev–Trinajstić information content (AvgIpc) is 2.97. The van der Waals surface area contributed by atoms with Crippen molar-refractivity contribution in [2.24, 2.45) is 0 Å². The Bertz CT molecular complexity index is 1550. The topological polar surface area (TPSA) is 147 Å². The number of hydrogen-bond donors (Lipinski definition) is 3. The fourth-order valence-electron chi connectivity index (χ4n) is 4.91. The minimum atomic E-state index is -0.759. The number of benzene rings is 2. The van der Waals surface area contributed by atoms with Gasteiger partial charge in [0.05, 0.1) is 23.1 Å². The smallest absolute Gasteiger partial charge is 0.252 e. The number of nitrogens with zero attached hydrogens (tertiary/aromatic N) is 6. The molecule has 2 aromatic heterocycles. The lowest BCUT2D eigenvalue weighted by atomic mass is 10.0. The normalized spacial score (nSPS) is 14.6. The number of likely N-dealkylation sites (N-methyl/N-ethyl adjacent to an activating group) is 2. The van der Waals surface area contributed by atoms with Gasteiger partial charge in [0.15, 0.2) is 0 Å². The van der Waals surface area contributed by atoms with E-state index in [0.29, 0.717) is 23.2 Å². The summed E-state index contributed by atoms with van der Waals surface area (Å²) in [5.74, 6) is 0.355. The molecule has 3 heterocycles. The molecule has 0 radical (unpaired) electrons. The Morgan fingerprint density at radius 3 is 2.37 bits per heavy atom. The molecule has 0 saturated carbocycles. The van der Waals surface area contributed by atoms with Crippen LogP contribution in [0.4, 0.5) is 17.5 Å². The fourth-order valence-corrected chi connectivity index (χ4v) is 4.91. The van der Waals surface area contributed by atoms with Crippen LogP contribution in [-0.2, 0) is 11.2 Å². The summed E-state index contributed by atoms with van der Waals surface area (Å²) in [7, 11) is 5.44. The van der Waals surface area contributed by atoms with E-state index in [1.165, 1.54) is 4.90 Å². The van der Waals surface area contributed by atoms with Gasteiger partial charge in [-0.15, -0.1) is 0 Å². The number of fused-ring (bicyclic) bond motifs is 1. The highest BCUT2D eigenvalue weighted by Crippen LogP contribution is 2.27. The van der Waals surface area contributed by atoms with Crippen molar-refractivity contribution in [3.05, 3.63) is 71.9 Å². The number of nitrogen functional groups attached to an aromatic ring is 2. The van der Waals surface area contributed by atoms with Crippen LogP contribution in [0.1, 0.15) is 15.9 Å². The molecule has 4 aromatic rings. The van der Waals surface area contributed by atoms with Crippen molar-refractivity contribution in [2.45, 2.75) is 12.5 Å². The molecule has 0 unspecified atom stereocenters. The monoisotopic (exact) mass is 553 g/mol. The number of hydrogen-bond acceptors (Lipinski definition) is 9. The standard InChI is InChI=1S/C30H35N9O2/c1-37(2)29(41)26(16-19-4-6-20(7-5-19)24-11-9-22(31)18-33-24)34-28(40)21-8-10-23-25(17-21)35-30(32)36-27(23)39-14-12-38(3)13-15-39/h4-11,17-18,26H,12-16,31H2,1-3H3,(H,34,40)(H2,32,35,36)/t26-/m0/s1. The highest BCUT2D eigenvalue weighted by molar-refractivity contribution is 6.02. The number of nitrogens with one attached hydrogen (secondary N) is 1. The maximum absolute atomic E-state index is 13.4. The molecule has 5 rings (SSSR count). The number of anilines is 3. The molecule has 0 bridgehead atoms. The molecule has 11 heteroatoms. The quantitative estimate of drug-likeness (QED) is 0.313. The zero-order chi connectivity index (χ0) is 29.1. The highest BCUT2D eigenvalue weighted by atomic mass is 16.2. The fraction of sp³-hybridized carbons (Fsp3) is 0.300. The molecule has 1 atom stereocenters. The summed E-state index contributed by atoms with van der Waals surface area (Å²) < 4.78 is 0. The molecule has 0 aliphatic carbocycles. The first-order valence-electron chi connectivity index (χ1n) is 13.5. The Balaban J connectivity index is 1.35. The van der Waals surface area contributed by atoms with E-state index in [1.807, 2.05) is 36.4 Å². The van der Waals surface area contributed by atoms with Gasteiger partial charge in [0.1, 0.15) is 11.9 Å². The second-order valence-corrected chi connectivity index (χ2v) is 10.6. The number of carbonyl (C=O) groups is 2. The third kappa shape index (κ3) is 6.36. The maximum atomic E-state index is 13.4. The first-order valence-corrected chi connectivity index (χ1v) is 13.5. The van der Waals surface area contributed by atoms with Crippen LogP contribution < -0.4 is 21.7 Å². The minimum absolute atomic E-state index is 0.155. The van der Waals surface area contributed by atoms with E-state index in [1.54, 1.807) is 38.5 Å². The summed E-state index contributed by atoms with van der Waals surface area (Å²) in [6.45, 7) is 3.51. The molecule has 1 fully saturated rings. The number of aromatic nitrogens is 3. The first-order chi connectivity index (χ1) is 19.7. The molecule has 5 N–H and O–H groups in total. The third-order valence-corrected chi connectivity index (χ3v) is 7.28. The summed E-state index contributed by atoms with van der Waals surface area (Å²) in [4.78, 5) is 45.7. The summed E-state index contributed by atoms with van der Waals surface area (Å²) >= 11 is 0. The van der Waals surface area contributed by atoms with Gasteiger partial charge in [-0.05, 0) is 42.9 Å². The van der Waals surface area contributed by atoms with Gasteiger partial charge in [0.25, 0.3) is 5.91 Å². The van der Waals surface area contributed by atoms with Crippen molar-refractivity contribution < 1.29 is 9.59 Å². The van der Waals surface area contributed by atoms with Crippen LogP contribution in [0.15, 0.2) is 60.8 Å². The molecule has 1 aliphatic rings. The predicted octanol–water partition coefficient (Wildman–Crippen LogP) is 2.04. The molecule has 2 aromatic carbocycles. The molecule has 212 valence electrons. The third-order valence-electron chi connectivity index (χ3n) is 7.28. The van der Waals surface area contributed by atoms with E-state index < -0.39 is 6.04 Å². The van der Waals surface area contributed by atoms with Crippen LogP contribution in [0, 0.1) is 0 Å². The zero-order valence-corrected chi connectivity index (χ0v) is 23.5. The SMILES string of the molecule is CN1CCN(c2nc(N)nc3cc(C(=O)N[C@@H](Cc4ccc(-c5ccc(N)cn5)cc4)C(=O)N(C)C)ccc23)CC1. The molecule has 1 saturated heterocycles. The van der Waals surface area contributed by atoms with Gasteiger partial charge in [-0.25, -0.2) is 4.98 Å². The van der Waals surface area contributed by atoms with Crippen LogP contribution in [0.25, 0.3) is 22.2 Å². The minimum Gasteiger partial charge on any atom is -0.397 e. The number of pyridine rings is 1. The van der Waals surface area contributed by atoms with Crippen LogP contribution in [0.3, 0.4) is 0 Å². The molecule has 1 aliphatic heterocycles. The summed E-state index contributed by atoms with van der Waals surface area (Å²) in [6.07, 6.45) is 1.94. The summed E-state index contributed by atoms with van der Waals surface area (Å²) in [5.41, 5.74) is 16.0. The molecule has 41 heavy (non-hydrogen) atoms. The van der Waals surface area contributed by atoms with Crippen LogP contribution in [0.2, 0.25) is 0 Å². The van der Waals surface area contributed by atoms with Gasteiger partial charge in [-0.2, -0.15) is 4.98 Å². The van der Waals surface area contributed by atoms with E-state index in [9.17, 15) is 9.59 Å². The van der Waals surface area contributed by atoms with Crippen molar-refractivity contribution >= 4 is 40.2 Å². The van der Waals surface area contributed by atoms with Gasteiger partial charge in [0.2, 0.25) is 11.9 Å². The lowest BCUT2D eigenvalue weighted by Crippen LogP contribution is -2.47. The van der Waals surface area contributed by atoms with Crippen molar-refractivity contribution in [1.82, 2.24) is 30.1 Å². The first kappa shape index (κ1) is 27.8. The zero-order valence-electron chi connectivity index (χ0n) is 23.5. The molecular formula is C30H35N9O2. The van der Waals surface area contributed by atoms with Gasteiger partial charge in [-0.3, -0.25) is 14.6 Å². The summed E-state index contributed by atoms with van der Waals surface area (Å²) in [5, 5.41) is 3.76. The van der Waals surface area contributed by atoms with Crippen molar-refractivity contribution in [2.75, 3.05) is 63.7 Å². The number of nitrogens with two attached hydrogens (primary N) is 2. The molecule has 11 nitrogen and oxygen atoms in total. The largest absolute Gasteiger partial charge is 0.397 e. The Labute approximate surface area is 239 Å². The van der Waals surface area contributed by atoms with E-state index in [4.69, 9.17) is 11.5 Å². The van der Waals surface area contributed by atoms with Crippen LogP contribution in [-0.4, -0.2) is 89.9 Å². The lowest BCUT2D eigenvalue weighted by Gasteiger charge is -2.33. The molecule has 0 spiro atoms. The summed E-state index contributed by atoms with van der Waals surface area (Å²) in [6, 6.07) is 16.0. The maximum Gasteiger partial charge on any atom is 0.252 e. The number of carbonyl (C=O) groups excluding carboxylic acids is 2. The lowest BCUT2D eigenvalue weighted by molar-refractivity contribution is -0.130.